The number of rotatable bonds is 5. The topological polar surface area (TPSA) is 66.5 Å². The van der Waals surface area contributed by atoms with Crippen molar-refractivity contribution < 1.29 is 13.2 Å². The summed E-state index contributed by atoms with van der Waals surface area (Å²) in [7, 11) is -3.50. The number of sulfonamides is 1. The van der Waals surface area contributed by atoms with Crippen molar-refractivity contribution in [3.63, 3.8) is 0 Å². The monoisotopic (exact) mass is 406 g/mol. The molecule has 1 fully saturated rings. The van der Waals surface area contributed by atoms with Gasteiger partial charge in [-0.1, -0.05) is 24.3 Å². The summed E-state index contributed by atoms with van der Waals surface area (Å²) in [6.45, 7) is 6.79. The second-order valence-electron chi connectivity index (χ2n) is 7.21. The Kier molecular flexibility index (Phi) is 6.03. The molecule has 0 bridgehead atoms. The largest absolute Gasteiger partial charge is 0.349 e. The molecule has 3 rings (SSSR count). The third-order valence-electron chi connectivity index (χ3n) is 5.23. The Morgan fingerprint density at radius 3 is 2.70 bits per heavy atom. The minimum Gasteiger partial charge on any atom is -0.349 e. The maximum Gasteiger partial charge on any atom is 0.252 e. The molecular weight excluding hydrogens is 380 g/mol. The number of aryl methyl sites for hydroxylation is 2. The molecule has 1 aromatic heterocycles. The van der Waals surface area contributed by atoms with E-state index in [0.29, 0.717) is 23.6 Å². The van der Waals surface area contributed by atoms with Crippen LogP contribution in [0.3, 0.4) is 0 Å². The van der Waals surface area contributed by atoms with E-state index in [1.165, 1.54) is 26.8 Å². The van der Waals surface area contributed by atoms with Gasteiger partial charge in [-0.3, -0.25) is 4.79 Å². The van der Waals surface area contributed by atoms with Gasteiger partial charge in [0.2, 0.25) is 5.91 Å². The smallest absolute Gasteiger partial charge is 0.252 e. The molecule has 1 aliphatic rings. The zero-order chi connectivity index (χ0) is 19.6. The van der Waals surface area contributed by atoms with Crippen molar-refractivity contribution >= 4 is 27.3 Å². The van der Waals surface area contributed by atoms with Crippen LogP contribution in [0, 0.1) is 19.8 Å². The van der Waals surface area contributed by atoms with E-state index < -0.39 is 10.0 Å². The van der Waals surface area contributed by atoms with Crippen molar-refractivity contribution in [1.29, 1.82) is 0 Å². The van der Waals surface area contributed by atoms with Crippen LogP contribution in [-0.2, 0) is 14.8 Å². The van der Waals surface area contributed by atoms with Crippen molar-refractivity contribution in [1.82, 2.24) is 9.62 Å². The van der Waals surface area contributed by atoms with Gasteiger partial charge in [-0.2, -0.15) is 4.31 Å². The summed E-state index contributed by atoms with van der Waals surface area (Å²) in [5.74, 6) is -0.394. The highest BCUT2D eigenvalue weighted by Gasteiger charge is 2.34. The first kappa shape index (κ1) is 20.0. The van der Waals surface area contributed by atoms with Gasteiger partial charge in [0.1, 0.15) is 4.21 Å². The lowest BCUT2D eigenvalue weighted by molar-refractivity contribution is -0.126. The number of carbonyl (C=O) groups excluding carboxylic acids is 1. The number of nitrogens with zero attached hydrogens (tertiary/aromatic N) is 1. The van der Waals surface area contributed by atoms with Gasteiger partial charge in [0, 0.05) is 13.1 Å². The fourth-order valence-electron chi connectivity index (χ4n) is 3.36. The number of nitrogens with one attached hydrogen (secondary N) is 1. The Morgan fingerprint density at radius 1 is 1.26 bits per heavy atom. The Hall–Kier alpha value is -1.70. The summed E-state index contributed by atoms with van der Waals surface area (Å²) in [5.41, 5.74) is 3.48. The van der Waals surface area contributed by atoms with Crippen LogP contribution in [0.4, 0.5) is 0 Å². The van der Waals surface area contributed by atoms with E-state index in [9.17, 15) is 13.2 Å². The van der Waals surface area contributed by atoms with E-state index >= 15 is 0 Å². The van der Waals surface area contributed by atoms with Crippen molar-refractivity contribution in [2.24, 2.45) is 5.92 Å². The van der Waals surface area contributed by atoms with Crippen LogP contribution in [0.2, 0.25) is 0 Å². The fraction of sp³-hybridized carbons (Fsp3) is 0.450. The molecule has 0 saturated carbocycles. The molecule has 7 heteroatoms. The fourth-order valence-corrected chi connectivity index (χ4v) is 6.03. The van der Waals surface area contributed by atoms with E-state index in [-0.39, 0.29) is 24.4 Å². The molecule has 0 spiro atoms. The summed E-state index contributed by atoms with van der Waals surface area (Å²) in [4.78, 5) is 12.8. The number of benzene rings is 1. The average molecular weight is 407 g/mol. The molecule has 0 radical (unpaired) electrons. The van der Waals surface area contributed by atoms with Crippen molar-refractivity contribution in [2.45, 2.75) is 43.9 Å². The third-order valence-corrected chi connectivity index (χ3v) is 8.47. The lowest BCUT2D eigenvalue weighted by atomic mass is 9.97. The van der Waals surface area contributed by atoms with E-state index in [4.69, 9.17) is 0 Å². The molecule has 0 aliphatic carbocycles. The van der Waals surface area contributed by atoms with Crippen LogP contribution in [-0.4, -0.2) is 31.7 Å². The van der Waals surface area contributed by atoms with Crippen molar-refractivity contribution in [3.8, 4) is 0 Å². The lowest BCUT2D eigenvalue weighted by Gasteiger charge is -2.31. The molecular formula is C20H26N2O3S2. The van der Waals surface area contributed by atoms with Crippen LogP contribution in [0.15, 0.2) is 39.9 Å². The van der Waals surface area contributed by atoms with Gasteiger partial charge in [0.25, 0.3) is 10.0 Å². The number of hydrogen-bond acceptors (Lipinski definition) is 4. The van der Waals surface area contributed by atoms with Crippen LogP contribution in [0.1, 0.15) is 42.5 Å². The summed E-state index contributed by atoms with van der Waals surface area (Å²) in [6.07, 6.45) is 1.41. The Labute approximate surface area is 165 Å². The predicted octanol–water partition coefficient (Wildman–Crippen LogP) is 3.64. The number of hydrogen-bond donors (Lipinski definition) is 1. The van der Waals surface area contributed by atoms with Gasteiger partial charge in [-0.05, 0) is 61.7 Å². The molecule has 1 amide bonds. The van der Waals surface area contributed by atoms with E-state index in [1.54, 1.807) is 17.5 Å². The van der Waals surface area contributed by atoms with Crippen LogP contribution in [0.25, 0.3) is 0 Å². The summed E-state index contributed by atoms with van der Waals surface area (Å²) in [6, 6.07) is 9.42. The number of piperidine rings is 1. The van der Waals surface area contributed by atoms with Gasteiger partial charge in [-0.15, -0.1) is 11.3 Å². The van der Waals surface area contributed by atoms with Gasteiger partial charge >= 0.3 is 0 Å². The maximum atomic E-state index is 12.8. The van der Waals surface area contributed by atoms with Gasteiger partial charge in [0.15, 0.2) is 0 Å². The molecule has 27 heavy (non-hydrogen) atoms. The minimum absolute atomic E-state index is 0.0770. The molecule has 1 aliphatic heterocycles. The molecule has 2 aromatic rings. The highest BCUT2D eigenvalue weighted by molar-refractivity contribution is 7.91. The second kappa shape index (κ2) is 8.12. The molecule has 1 saturated heterocycles. The second-order valence-corrected chi connectivity index (χ2v) is 10.3. The van der Waals surface area contributed by atoms with Crippen molar-refractivity contribution in [3.05, 3.63) is 52.4 Å². The molecule has 1 N–H and O–H groups in total. The first-order valence-electron chi connectivity index (χ1n) is 9.20. The molecule has 2 heterocycles. The van der Waals surface area contributed by atoms with Gasteiger partial charge in [-0.25, -0.2) is 8.42 Å². The number of amides is 1. The first-order valence-corrected chi connectivity index (χ1v) is 11.5. The highest BCUT2D eigenvalue weighted by atomic mass is 32.2. The van der Waals surface area contributed by atoms with Gasteiger partial charge < -0.3 is 5.32 Å². The molecule has 1 aromatic carbocycles. The van der Waals surface area contributed by atoms with Gasteiger partial charge in [0.05, 0.1) is 12.0 Å². The number of carbonyl (C=O) groups is 1. The van der Waals surface area contributed by atoms with E-state index in [2.05, 4.69) is 31.3 Å². The summed E-state index contributed by atoms with van der Waals surface area (Å²) >= 11 is 1.21. The SMILES string of the molecule is Cc1ccc([C@@H](C)NC(=O)[C@H]2CCCN(S(=O)(=O)c3cccs3)C2)cc1C. The normalized spacial score (nSPS) is 19.6. The summed E-state index contributed by atoms with van der Waals surface area (Å²) < 4.78 is 27.3. The first-order chi connectivity index (χ1) is 12.8. The van der Waals surface area contributed by atoms with Crippen LogP contribution >= 0.6 is 11.3 Å². The van der Waals surface area contributed by atoms with E-state index in [0.717, 1.165) is 5.56 Å². The molecule has 0 unspecified atom stereocenters. The quantitative estimate of drug-likeness (QED) is 0.824. The maximum absolute atomic E-state index is 12.8. The highest BCUT2D eigenvalue weighted by Crippen LogP contribution is 2.27. The Bertz CT molecular complexity index is 907. The number of thiophene rings is 1. The standard InChI is InChI=1S/C20H26N2O3S2/c1-14-8-9-17(12-15(14)2)16(3)21-20(23)18-6-4-10-22(13-18)27(24,25)19-7-5-11-26-19/h5,7-9,11-12,16,18H,4,6,10,13H2,1-3H3,(H,21,23)/t16-,18+/m1/s1. The van der Waals surface area contributed by atoms with Crippen LogP contribution < -0.4 is 5.32 Å². The predicted molar refractivity (Wildman–Crippen MR) is 108 cm³/mol. The zero-order valence-electron chi connectivity index (χ0n) is 15.9. The average Bonchev–Trinajstić information content (AvgIpc) is 3.19. The molecule has 5 nitrogen and oxygen atoms in total. The minimum atomic E-state index is -3.50. The third kappa shape index (κ3) is 4.42. The summed E-state index contributed by atoms with van der Waals surface area (Å²) in [5, 5.41) is 4.82. The lowest BCUT2D eigenvalue weighted by Crippen LogP contribution is -2.45. The molecule has 2 atom stereocenters. The Morgan fingerprint density at radius 2 is 2.04 bits per heavy atom. The van der Waals surface area contributed by atoms with E-state index in [1.807, 2.05) is 13.0 Å². The zero-order valence-corrected chi connectivity index (χ0v) is 17.6. The Balaban J connectivity index is 1.67. The van der Waals surface area contributed by atoms with Crippen molar-refractivity contribution in [2.75, 3.05) is 13.1 Å². The van der Waals surface area contributed by atoms with Crippen LogP contribution in [0.5, 0.6) is 0 Å². The molecule has 146 valence electrons.